The van der Waals surface area contributed by atoms with Crippen LogP contribution in [0.25, 0.3) is 22.6 Å². The van der Waals surface area contributed by atoms with Gasteiger partial charge in [-0.15, -0.1) is 27.7 Å². The number of imidazole rings is 4. The van der Waals surface area contributed by atoms with Crippen molar-refractivity contribution in [3.05, 3.63) is 220 Å². The van der Waals surface area contributed by atoms with E-state index < -0.39 is 65.1 Å². The van der Waals surface area contributed by atoms with Gasteiger partial charge in [0.1, 0.15) is 107 Å². The number of aromatic nitrogens is 12. The number of carbonyl (C=O) groups is 6. The van der Waals surface area contributed by atoms with E-state index >= 15 is 0 Å². The van der Waals surface area contributed by atoms with Gasteiger partial charge in [0.05, 0.1) is 51.0 Å². The second-order valence-electron chi connectivity index (χ2n) is 29.1. The van der Waals surface area contributed by atoms with E-state index in [1.165, 1.54) is 108 Å². The first-order valence-electron chi connectivity index (χ1n) is 38.6. The maximum absolute atomic E-state index is 14.0. The number of benzene rings is 4. The van der Waals surface area contributed by atoms with Gasteiger partial charge in [-0.1, -0.05) is 18.5 Å². The van der Waals surface area contributed by atoms with E-state index in [-0.39, 0.29) is 84.6 Å². The van der Waals surface area contributed by atoms with Crippen molar-refractivity contribution in [2.24, 2.45) is 0 Å². The molecule has 0 radical (unpaired) electrons. The number of halogens is 6. The summed E-state index contributed by atoms with van der Waals surface area (Å²) in [5, 5.41) is 38.4. The van der Waals surface area contributed by atoms with Crippen molar-refractivity contribution >= 4 is 82.6 Å². The van der Waals surface area contributed by atoms with Crippen LogP contribution >= 0.6 is 24.0 Å². The number of aryl methyl sites for hydroxylation is 1. The first kappa shape index (κ1) is 96.1. The van der Waals surface area contributed by atoms with E-state index in [0.717, 1.165) is 10.1 Å². The van der Waals surface area contributed by atoms with Crippen LogP contribution in [-0.2, 0) is 20.6 Å². The minimum atomic E-state index is -1.18. The summed E-state index contributed by atoms with van der Waals surface area (Å²) >= 11 is 5.72. The molecule has 3 amide bonds. The number of hydrogen-bond donors (Lipinski definition) is 3. The fraction of sp³-hybridized carbons (Fsp3) is 0.357. The molecule has 40 heteroatoms. The standard InChI is InChI=1S/C23H27FN4O6.C18H19FN4O4.C18H17FN4O3.C16H24FNO3.C9H8ClN3O2.ClH/c1-14(33-20-9-8-19-25-13-17(21(29)30)28(19)26-20)16-12-15(24)6-7-18(16)32-11-10-27(5)22(31)34-23(2,3)4;1-11(13-9-12(19)3-4-15(13)26-8-7-20-2)27-17-6-5-16-21-10-14(18(24)25)23(16)22-17;1-11-13-9-12(19)3-4-15(13)25-8-7-22(2)18(24)14-10-20-16-5-6-17(26-11)21-23(14)16;1-6-12-11-13(17)7-8-14(12)20-10-9-18(5)15(19)21-16(2,3)4;1-2-15-9(14)6-5-11-8-4-3-7(10)12-13(6)8;/h6-9,12-14H,10-11H2,1-5H3,(H,29,30);3-6,9-11,20H,7-8H2,1-2H3,(H,24,25);3-6,9-11H,7-8H2,1-2H3;7-8,11H,6,9-10H2,1-5H3;3-5H,2H2,1H3;1H/t;;11-;;;/m..1.../s1. The second kappa shape index (κ2) is 43.9. The molecule has 0 saturated heterocycles. The lowest BCUT2D eigenvalue weighted by atomic mass is 10.1. The maximum atomic E-state index is 14.0. The van der Waals surface area contributed by atoms with Crippen LogP contribution < -0.4 is 38.5 Å². The fourth-order valence-corrected chi connectivity index (χ4v) is 11.4. The second-order valence-corrected chi connectivity index (χ2v) is 29.5. The predicted octanol–water partition coefficient (Wildman–Crippen LogP) is 14.3. The number of rotatable bonds is 23. The quantitative estimate of drug-likeness (QED) is 0.0232. The molecular formula is C84H96Cl2F4N16O18. The average molecular weight is 1760 g/mol. The van der Waals surface area contributed by atoms with Gasteiger partial charge >= 0.3 is 30.1 Å². The summed E-state index contributed by atoms with van der Waals surface area (Å²) < 4.78 is 116. The number of fused-ring (bicyclic) bond motifs is 5. The first-order chi connectivity index (χ1) is 58.4. The number of likely N-dealkylation sites (N-methyl/N-ethyl adjacent to an activating group) is 4. The van der Waals surface area contributed by atoms with Gasteiger partial charge in [0.2, 0.25) is 17.6 Å². The number of nitrogens with zero attached hydrogens (tertiary/aromatic N) is 15. The molecule has 4 aromatic carbocycles. The van der Waals surface area contributed by atoms with Crippen LogP contribution in [0.2, 0.25) is 5.15 Å². The molecule has 2 bridgehead atoms. The van der Waals surface area contributed by atoms with Gasteiger partial charge in [-0.2, -0.15) is 5.10 Å². The molecule has 34 nitrogen and oxygen atoms in total. The Morgan fingerprint density at radius 2 is 1.04 bits per heavy atom. The topological polar surface area (TPSA) is 378 Å². The highest BCUT2D eigenvalue weighted by atomic mass is 35.5. The van der Waals surface area contributed by atoms with Crippen molar-refractivity contribution in [2.45, 2.75) is 112 Å². The third kappa shape index (κ3) is 26.8. The third-order valence-electron chi connectivity index (χ3n) is 17.4. The van der Waals surface area contributed by atoms with Crippen LogP contribution in [-0.4, -0.2) is 218 Å². The van der Waals surface area contributed by atoms with Crippen molar-refractivity contribution in [1.82, 2.24) is 78.4 Å². The number of aromatic carboxylic acids is 2. The summed E-state index contributed by atoms with van der Waals surface area (Å²) in [6, 6.07) is 29.9. The zero-order valence-corrected chi connectivity index (χ0v) is 72.2. The normalized spacial score (nSPS) is 12.9. The summed E-state index contributed by atoms with van der Waals surface area (Å²) in [6.45, 7) is 22.8. The summed E-state index contributed by atoms with van der Waals surface area (Å²) in [7, 11) is 6.74. The summed E-state index contributed by atoms with van der Waals surface area (Å²) in [5.41, 5.74) is 3.46. The molecule has 0 aliphatic carbocycles. The zero-order valence-electron chi connectivity index (χ0n) is 70.6. The number of nitrogens with one attached hydrogen (secondary N) is 1. The van der Waals surface area contributed by atoms with E-state index in [1.54, 1.807) is 136 Å². The van der Waals surface area contributed by atoms with E-state index in [0.29, 0.717) is 125 Å². The zero-order chi connectivity index (χ0) is 89.6. The van der Waals surface area contributed by atoms with Gasteiger partial charge in [0.15, 0.2) is 45.4 Å². The highest BCUT2D eigenvalue weighted by molar-refractivity contribution is 6.29. The molecule has 9 heterocycles. The van der Waals surface area contributed by atoms with Gasteiger partial charge in [-0.05, 0) is 191 Å². The molecule has 12 aromatic rings. The number of carboxylic acids is 2. The van der Waals surface area contributed by atoms with Crippen molar-refractivity contribution in [1.29, 1.82) is 0 Å². The van der Waals surface area contributed by atoms with Crippen molar-refractivity contribution in [3.63, 3.8) is 0 Å². The smallest absolute Gasteiger partial charge is 0.410 e. The lowest BCUT2D eigenvalue weighted by molar-refractivity contribution is 0.0268. The third-order valence-corrected chi connectivity index (χ3v) is 17.6. The van der Waals surface area contributed by atoms with E-state index in [4.69, 9.17) is 59.0 Å². The molecule has 662 valence electrons. The van der Waals surface area contributed by atoms with Gasteiger partial charge in [0, 0.05) is 62.6 Å². The Balaban J connectivity index is 0.000000196. The molecule has 1 aliphatic heterocycles. The molecule has 8 aromatic heterocycles. The summed E-state index contributed by atoms with van der Waals surface area (Å²) in [4.78, 5) is 91.1. The van der Waals surface area contributed by atoms with E-state index in [2.05, 4.69) is 45.6 Å². The Hall–Kier alpha value is -13.4. The van der Waals surface area contributed by atoms with Crippen LogP contribution in [0.15, 0.2) is 146 Å². The SMILES string of the molecule is CC(Oc1ccc2ncc(C(=O)O)n2n1)c1cc(F)ccc1OCCN(C)C(=O)OC(C)(C)C.CCOC(=O)c1cnc2ccc(Cl)nn12.CCc1cc(F)ccc1OCCN(C)C(=O)OC(C)(C)C.CNCCOc1ccc(F)cc1C(C)Oc1ccc2ncc(C(=O)O)n2n1.C[C@H]1Oc2ccc3ncc(n3n2)C(=O)N(C)CCOc2ccc(F)cc21.Cl. The Kier molecular flexibility index (Phi) is 34.0. The lowest BCUT2D eigenvalue weighted by Crippen LogP contribution is -2.36. The highest BCUT2D eigenvalue weighted by Gasteiger charge is 2.27. The first-order valence-corrected chi connectivity index (χ1v) is 38.9. The molecule has 13 rings (SSSR count). The average Bonchev–Trinajstić information content (AvgIpc) is 1.66. The number of amides is 3. The van der Waals surface area contributed by atoms with Crippen LogP contribution in [0.3, 0.4) is 0 Å². The number of carbonyl (C=O) groups excluding carboxylic acids is 4. The highest BCUT2D eigenvalue weighted by Crippen LogP contribution is 2.34. The van der Waals surface area contributed by atoms with E-state index in [1.807, 2.05) is 34.7 Å². The van der Waals surface area contributed by atoms with Crippen LogP contribution in [0.1, 0.15) is 159 Å². The fourth-order valence-electron chi connectivity index (χ4n) is 11.3. The monoisotopic (exact) mass is 1760 g/mol. The summed E-state index contributed by atoms with van der Waals surface area (Å²) in [5.74, 6) is -1.89. The molecule has 3 N–H and O–H groups in total. The number of ether oxygens (including phenoxy) is 10. The number of esters is 1. The molecule has 1 aliphatic rings. The van der Waals surface area contributed by atoms with Gasteiger partial charge in [-0.3, -0.25) is 4.79 Å². The predicted molar refractivity (Wildman–Crippen MR) is 447 cm³/mol. The van der Waals surface area contributed by atoms with Crippen LogP contribution in [0, 0.1) is 23.3 Å². The molecule has 2 unspecified atom stereocenters. The molecule has 0 spiro atoms. The minimum Gasteiger partial charge on any atom is -0.492 e. The summed E-state index contributed by atoms with van der Waals surface area (Å²) in [6.07, 6.45) is 3.39. The maximum Gasteiger partial charge on any atom is 0.410 e. The van der Waals surface area contributed by atoms with Gasteiger partial charge in [0.25, 0.3) is 5.91 Å². The number of carboxylic acid groups (broad SMARTS) is 2. The van der Waals surface area contributed by atoms with Gasteiger partial charge < -0.3 is 77.6 Å². The molecule has 0 fully saturated rings. The molecular weight excluding hydrogens is 1670 g/mol. The largest absolute Gasteiger partial charge is 0.492 e. The van der Waals surface area contributed by atoms with Crippen LogP contribution in [0.5, 0.6) is 40.6 Å². The number of hydrogen-bond acceptors (Lipinski definition) is 25. The Morgan fingerprint density at radius 3 is 1.55 bits per heavy atom. The lowest BCUT2D eigenvalue weighted by Gasteiger charge is -2.25. The Labute approximate surface area is 721 Å². The van der Waals surface area contributed by atoms with Gasteiger partial charge in [-0.25, -0.2) is 79.5 Å². The molecule has 124 heavy (non-hydrogen) atoms. The van der Waals surface area contributed by atoms with Crippen molar-refractivity contribution < 1.29 is 104 Å². The molecule has 0 saturated carbocycles. The van der Waals surface area contributed by atoms with Crippen molar-refractivity contribution in [3.8, 4) is 40.6 Å². The minimum absolute atomic E-state index is 0. The van der Waals surface area contributed by atoms with Crippen molar-refractivity contribution in [2.75, 3.05) is 87.4 Å². The molecule has 3 atom stereocenters. The van der Waals surface area contributed by atoms with Crippen LogP contribution in [0.4, 0.5) is 27.2 Å². The Morgan fingerprint density at radius 1 is 0.589 bits per heavy atom. The van der Waals surface area contributed by atoms with E-state index in [9.17, 15) is 56.5 Å². The Bertz CT molecular complexity index is 5690.